The third-order valence-corrected chi connectivity index (χ3v) is 6.66. The van der Waals surface area contributed by atoms with Crippen LogP contribution in [-0.2, 0) is 5.41 Å². The number of ether oxygens (including phenoxy) is 2. The normalized spacial score (nSPS) is 17.6. The minimum atomic E-state index is -0.190. The van der Waals surface area contributed by atoms with Crippen LogP contribution in [0.5, 0.6) is 11.8 Å². The second kappa shape index (κ2) is 8.80. The van der Waals surface area contributed by atoms with Crippen LogP contribution < -0.4 is 9.47 Å². The van der Waals surface area contributed by atoms with Crippen molar-refractivity contribution in [1.82, 2.24) is 25.0 Å². The molecule has 1 saturated heterocycles. The topological polar surface area (TPSA) is 103 Å². The Kier molecular flexibility index (Phi) is 5.70. The highest BCUT2D eigenvalue weighted by molar-refractivity contribution is 5.96. The molecule has 172 valence electrons. The lowest BCUT2D eigenvalue weighted by molar-refractivity contribution is 0.0641. The largest absolute Gasteiger partial charge is 0.481 e. The number of rotatable bonds is 7. The van der Waals surface area contributed by atoms with Gasteiger partial charge < -0.3 is 18.9 Å². The third-order valence-electron chi connectivity index (χ3n) is 6.66. The number of likely N-dealkylation sites (tertiary alicyclic amines) is 1. The molecule has 4 heterocycles. The molecule has 0 spiro atoms. The van der Waals surface area contributed by atoms with E-state index in [2.05, 4.69) is 15.1 Å². The molecule has 3 aromatic rings. The zero-order valence-corrected chi connectivity index (χ0v) is 18.9. The average Bonchev–Trinajstić information content (AvgIpc) is 3.53. The van der Waals surface area contributed by atoms with Crippen molar-refractivity contribution < 1.29 is 18.8 Å². The van der Waals surface area contributed by atoms with E-state index in [0.29, 0.717) is 36.3 Å². The number of hydrogen-bond acceptors (Lipinski definition) is 8. The lowest BCUT2D eigenvalue weighted by atomic mass is 9.73. The lowest BCUT2D eigenvalue weighted by Crippen LogP contribution is -2.46. The van der Waals surface area contributed by atoms with E-state index in [0.717, 1.165) is 30.7 Å². The van der Waals surface area contributed by atoms with Crippen LogP contribution >= 0.6 is 0 Å². The van der Waals surface area contributed by atoms with Crippen molar-refractivity contribution in [1.29, 1.82) is 0 Å². The van der Waals surface area contributed by atoms with Crippen molar-refractivity contribution in [2.75, 3.05) is 27.3 Å². The number of carbonyl (C=O) groups is 1. The molecule has 0 bridgehead atoms. The monoisotopic (exact) mass is 449 g/mol. The fraction of sp³-hybridized carbons (Fsp3) is 0.458. The van der Waals surface area contributed by atoms with Gasteiger partial charge in [0.05, 0.1) is 19.8 Å². The Morgan fingerprint density at radius 1 is 1.15 bits per heavy atom. The molecule has 0 N–H and O–H groups in total. The van der Waals surface area contributed by atoms with Gasteiger partial charge in [0.25, 0.3) is 11.8 Å². The van der Waals surface area contributed by atoms with Gasteiger partial charge in [0.15, 0.2) is 5.82 Å². The van der Waals surface area contributed by atoms with Crippen LogP contribution in [0.2, 0.25) is 0 Å². The summed E-state index contributed by atoms with van der Waals surface area (Å²) in [6.45, 7) is 1.22. The Labute approximate surface area is 192 Å². The second-order valence-electron chi connectivity index (χ2n) is 8.80. The van der Waals surface area contributed by atoms with E-state index in [1.165, 1.54) is 27.1 Å². The lowest BCUT2D eigenvalue weighted by Gasteiger charge is -2.40. The van der Waals surface area contributed by atoms with E-state index in [1.807, 2.05) is 17.0 Å². The maximum absolute atomic E-state index is 13.3. The molecule has 0 radical (unpaired) electrons. The van der Waals surface area contributed by atoms with Crippen molar-refractivity contribution in [2.24, 2.45) is 5.92 Å². The summed E-state index contributed by atoms with van der Waals surface area (Å²) in [6.07, 6.45) is 8.52. The molecule has 1 aliphatic heterocycles. The summed E-state index contributed by atoms with van der Waals surface area (Å²) < 4.78 is 16.1. The molecule has 1 amide bonds. The first-order chi connectivity index (χ1) is 16.1. The van der Waals surface area contributed by atoms with Crippen molar-refractivity contribution in [3.05, 3.63) is 48.0 Å². The maximum Gasteiger partial charge on any atom is 0.259 e. The number of hydrogen-bond donors (Lipinski definition) is 0. The number of pyridine rings is 2. The highest BCUT2D eigenvalue weighted by Gasteiger charge is 2.45. The SMILES string of the molecule is COc1ccc(C(=O)N2CCC(CC3CC3)(c3noc(-c4cccnc4)n3)CC2)c(OC)n1. The molecular formula is C24H27N5O4. The van der Waals surface area contributed by atoms with Crippen molar-refractivity contribution in [3.8, 4) is 23.2 Å². The molecular weight excluding hydrogens is 422 g/mol. The first kappa shape index (κ1) is 21.4. The second-order valence-corrected chi connectivity index (χ2v) is 8.80. The Hall–Kier alpha value is -3.49. The van der Waals surface area contributed by atoms with E-state index in [4.69, 9.17) is 19.0 Å². The van der Waals surface area contributed by atoms with Crippen LogP contribution in [0.3, 0.4) is 0 Å². The molecule has 1 aliphatic carbocycles. The fourth-order valence-electron chi connectivity index (χ4n) is 4.60. The maximum atomic E-state index is 13.3. The number of aromatic nitrogens is 4. The van der Waals surface area contributed by atoms with Crippen molar-refractivity contribution in [2.45, 2.75) is 37.5 Å². The van der Waals surface area contributed by atoms with E-state index in [-0.39, 0.29) is 17.2 Å². The fourth-order valence-corrected chi connectivity index (χ4v) is 4.60. The molecule has 0 atom stereocenters. The predicted molar refractivity (Wildman–Crippen MR) is 119 cm³/mol. The molecule has 1 saturated carbocycles. The van der Waals surface area contributed by atoms with Crippen LogP contribution in [0.15, 0.2) is 41.2 Å². The number of methoxy groups -OCH3 is 2. The van der Waals surface area contributed by atoms with Gasteiger partial charge in [-0.1, -0.05) is 18.0 Å². The predicted octanol–water partition coefficient (Wildman–Crippen LogP) is 3.52. The molecule has 0 unspecified atom stereocenters. The summed E-state index contributed by atoms with van der Waals surface area (Å²) in [5, 5.41) is 4.38. The van der Waals surface area contributed by atoms with Crippen LogP contribution in [-0.4, -0.2) is 58.2 Å². The first-order valence-corrected chi connectivity index (χ1v) is 11.2. The van der Waals surface area contributed by atoms with E-state index in [1.54, 1.807) is 24.5 Å². The number of nitrogens with zero attached hydrogens (tertiary/aromatic N) is 5. The highest BCUT2D eigenvalue weighted by atomic mass is 16.5. The first-order valence-electron chi connectivity index (χ1n) is 11.2. The van der Waals surface area contributed by atoms with E-state index < -0.39 is 0 Å². The molecule has 2 fully saturated rings. The van der Waals surface area contributed by atoms with Gasteiger partial charge in [-0.05, 0) is 43.4 Å². The molecule has 3 aromatic heterocycles. The van der Waals surface area contributed by atoms with Gasteiger partial charge in [0.1, 0.15) is 5.56 Å². The molecule has 33 heavy (non-hydrogen) atoms. The Bertz CT molecular complexity index is 1120. The average molecular weight is 450 g/mol. The van der Waals surface area contributed by atoms with Gasteiger partial charge in [0.2, 0.25) is 11.8 Å². The summed E-state index contributed by atoms with van der Waals surface area (Å²) in [5.74, 6) is 2.51. The zero-order chi connectivity index (χ0) is 22.8. The quantitative estimate of drug-likeness (QED) is 0.540. The van der Waals surface area contributed by atoms with Gasteiger partial charge in [-0.3, -0.25) is 9.78 Å². The van der Waals surface area contributed by atoms with Gasteiger partial charge in [-0.2, -0.15) is 9.97 Å². The molecule has 0 aromatic carbocycles. The van der Waals surface area contributed by atoms with Gasteiger partial charge in [0, 0.05) is 37.0 Å². The number of piperidine rings is 1. The van der Waals surface area contributed by atoms with Crippen LogP contribution in [0.25, 0.3) is 11.5 Å². The molecule has 9 heteroatoms. The van der Waals surface area contributed by atoms with E-state index in [9.17, 15) is 4.79 Å². The summed E-state index contributed by atoms with van der Waals surface area (Å²) >= 11 is 0. The smallest absolute Gasteiger partial charge is 0.259 e. The molecule has 9 nitrogen and oxygen atoms in total. The minimum Gasteiger partial charge on any atom is -0.481 e. The van der Waals surface area contributed by atoms with Gasteiger partial charge in [-0.25, -0.2) is 0 Å². The van der Waals surface area contributed by atoms with Crippen LogP contribution in [0.4, 0.5) is 0 Å². The summed E-state index contributed by atoms with van der Waals surface area (Å²) in [4.78, 5) is 28.3. The van der Waals surface area contributed by atoms with Crippen molar-refractivity contribution in [3.63, 3.8) is 0 Å². The Morgan fingerprint density at radius 2 is 1.97 bits per heavy atom. The summed E-state index contributed by atoms with van der Waals surface area (Å²) in [7, 11) is 3.04. The zero-order valence-electron chi connectivity index (χ0n) is 18.9. The van der Waals surface area contributed by atoms with Gasteiger partial charge >= 0.3 is 0 Å². The highest BCUT2D eigenvalue weighted by Crippen LogP contribution is 2.47. The van der Waals surface area contributed by atoms with Crippen molar-refractivity contribution >= 4 is 5.91 Å². The van der Waals surface area contributed by atoms with Gasteiger partial charge in [-0.15, -0.1) is 0 Å². The summed E-state index contributed by atoms with van der Waals surface area (Å²) in [5.41, 5.74) is 1.06. The van der Waals surface area contributed by atoms with Crippen LogP contribution in [0, 0.1) is 5.92 Å². The van der Waals surface area contributed by atoms with E-state index >= 15 is 0 Å². The summed E-state index contributed by atoms with van der Waals surface area (Å²) in [6, 6.07) is 7.15. The minimum absolute atomic E-state index is 0.0915. The standard InChI is InChI=1S/C24H27N5O4/c1-31-19-8-7-18(21(26-19)32-2)22(30)29-12-9-24(10-13-29,14-16-5-6-16)23-27-20(33-28-23)17-4-3-11-25-15-17/h3-4,7-8,11,15-16H,5-6,9-10,12-14H2,1-2H3. The van der Waals surface area contributed by atoms with Crippen LogP contribution in [0.1, 0.15) is 48.3 Å². The third kappa shape index (κ3) is 4.27. The Balaban J connectivity index is 1.35. The molecule has 5 rings (SSSR count). The molecule has 2 aliphatic rings. The number of carbonyl (C=O) groups excluding carboxylic acids is 1. The Morgan fingerprint density at radius 3 is 2.64 bits per heavy atom. The number of amides is 1.